The van der Waals surface area contributed by atoms with E-state index < -0.39 is 0 Å². The summed E-state index contributed by atoms with van der Waals surface area (Å²) in [5.74, 6) is 4.62. The third-order valence-electron chi connectivity index (χ3n) is 4.88. The number of hydrogen-bond donors (Lipinski definition) is 0. The molecule has 1 rings (SSSR count). The highest BCUT2D eigenvalue weighted by atomic mass is 32.2. The first-order valence-corrected chi connectivity index (χ1v) is 10.3. The van der Waals surface area contributed by atoms with Crippen molar-refractivity contribution in [3.05, 3.63) is 0 Å². The van der Waals surface area contributed by atoms with Crippen molar-refractivity contribution in [2.45, 2.75) is 59.8 Å². The van der Waals surface area contributed by atoms with Crippen molar-refractivity contribution in [3.8, 4) is 0 Å². The summed E-state index contributed by atoms with van der Waals surface area (Å²) in [6.07, 6.45) is 4.56. The van der Waals surface area contributed by atoms with Crippen LogP contribution in [0.15, 0.2) is 0 Å². The molecule has 0 amide bonds. The van der Waals surface area contributed by atoms with Crippen molar-refractivity contribution in [3.63, 3.8) is 0 Å². The molecule has 0 bridgehead atoms. The zero-order valence-electron chi connectivity index (χ0n) is 14.0. The molecule has 1 heterocycles. The second-order valence-electron chi connectivity index (χ2n) is 6.77. The molecule has 1 aliphatic rings. The lowest BCUT2D eigenvalue weighted by molar-refractivity contribution is -0.129. The molecule has 21 heavy (non-hydrogen) atoms. The van der Waals surface area contributed by atoms with Crippen molar-refractivity contribution in [1.29, 1.82) is 0 Å². The molecule has 0 unspecified atom stereocenters. The first-order valence-electron chi connectivity index (χ1n) is 8.04. The number of rotatable bonds is 2. The molecule has 1 fully saturated rings. The molecule has 0 aromatic rings. The van der Waals surface area contributed by atoms with E-state index in [-0.39, 0.29) is 16.6 Å². The Morgan fingerprint density at radius 2 is 1.71 bits per heavy atom. The Kier molecular flexibility index (Phi) is 7.83. The summed E-state index contributed by atoms with van der Waals surface area (Å²) in [5.41, 5.74) is -0.556. The molecule has 4 heteroatoms. The highest BCUT2D eigenvalue weighted by molar-refractivity contribution is 7.99. The molecule has 0 aromatic carbocycles. The average molecular weight is 331 g/mol. The Morgan fingerprint density at radius 1 is 1.14 bits per heavy atom. The van der Waals surface area contributed by atoms with E-state index >= 15 is 0 Å². The van der Waals surface area contributed by atoms with Crippen LogP contribution in [0.1, 0.15) is 59.8 Å². The number of ketones is 2. The van der Waals surface area contributed by atoms with Gasteiger partial charge in [0, 0.05) is 28.8 Å². The van der Waals surface area contributed by atoms with Crippen molar-refractivity contribution < 1.29 is 9.59 Å². The van der Waals surface area contributed by atoms with Crippen LogP contribution in [0.2, 0.25) is 0 Å². The molecule has 0 aromatic heterocycles. The first kappa shape index (κ1) is 19.1. The SMILES string of the molecule is CC[C@@]1(C)CSCCCCSC[C@@](C)(C(C)=O)CCC1=O. The van der Waals surface area contributed by atoms with Gasteiger partial charge in [-0.15, -0.1) is 0 Å². The molecule has 0 N–H and O–H groups in total. The fourth-order valence-corrected chi connectivity index (χ4v) is 5.14. The Bertz CT molecular complexity index is 370. The molecule has 122 valence electrons. The van der Waals surface area contributed by atoms with Crippen LogP contribution in [0.5, 0.6) is 0 Å². The summed E-state index contributed by atoms with van der Waals surface area (Å²) in [7, 11) is 0. The van der Waals surface area contributed by atoms with E-state index in [1.807, 2.05) is 30.4 Å². The van der Waals surface area contributed by atoms with Gasteiger partial charge in [-0.25, -0.2) is 0 Å². The Labute approximate surface area is 138 Å². The predicted molar refractivity (Wildman–Crippen MR) is 95.3 cm³/mol. The van der Waals surface area contributed by atoms with Crippen LogP contribution >= 0.6 is 23.5 Å². The lowest BCUT2D eigenvalue weighted by atomic mass is 9.77. The van der Waals surface area contributed by atoms with E-state index in [0.717, 1.165) is 29.4 Å². The molecule has 0 aliphatic carbocycles. The van der Waals surface area contributed by atoms with Crippen LogP contribution in [0.4, 0.5) is 0 Å². The first-order chi connectivity index (χ1) is 9.84. The Hall–Kier alpha value is 0.0400. The van der Waals surface area contributed by atoms with E-state index in [4.69, 9.17) is 0 Å². The number of carbonyl (C=O) groups excluding carboxylic acids is 2. The molecule has 1 aliphatic heterocycles. The lowest BCUT2D eigenvalue weighted by Crippen LogP contribution is -2.34. The number of Topliss-reactive ketones (excluding diaryl/α,β-unsaturated/α-hetero) is 2. The Balaban J connectivity index is 2.82. The van der Waals surface area contributed by atoms with Gasteiger partial charge < -0.3 is 0 Å². The zero-order chi connectivity index (χ0) is 15.9. The molecule has 0 saturated carbocycles. The number of carbonyl (C=O) groups is 2. The predicted octanol–water partition coefficient (Wildman–Crippen LogP) is 4.61. The summed E-state index contributed by atoms with van der Waals surface area (Å²) in [5, 5.41) is 0. The largest absolute Gasteiger partial charge is 0.299 e. The molecular weight excluding hydrogens is 300 g/mol. The van der Waals surface area contributed by atoms with Crippen LogP contribution in [-0.4, -0.2) is 34.6 Å². The second-order valence-corrected chi connectivity index (χ2v) is 8.98. The number of hydrogen-bond acceptors (Lipinski definition) is 4. The van der Waals surface area contributed by atoms with Crippen LogP contribution < -0.4 is 0 Å². The third kappa shape index (κ3) is 5.63. The van der Waals surface area contributed by atoms with Gasteiger partial charge in [0.25, 0.3) is 0 Å². The molecule has 0 spiro atoms. The van der Waals surface area contributed by atoms with Gasteiger partial charge in [0.15, 0.2) is 0 Å². The minimum atomic E-state index is -0.337. The van der Waals surface area contributed by atoms with Gasteiger partial charge in [0.05, 0.1) is 0 Å². The maximum Gasteiger partial charge on any atom is 0.139 e. The van der Waals surface area contributed by atoms with Crippen LogP contribution in [-0.2, 0) is 9.59 Å². The van der Waals surface area contributed by atoms with Crippen LogP contribution in [0.25, 0.3) is 0 Å². The van der Waals surface area contributed by atoms with E-state index in [0.29, 0.717) is 18.6 Å². The molecule has 2 atom stereocenters. The Morgan fingerprint density at radius 3 is 2.24 bits per heavy atom. The molecule has 1 saturated heterocycles. The monoisotopic (exact) mass is 330 g/mol. The summed E-state index contributed by atoms with van der Waals surface area (Å²) in [6, 6.07) is 0. The van der Waals surface area contributed by atoms with Gasteiger partial charge in [-0.3, -0.25) is 9.59 Å². The highest BCUT2D eigenvalue weighted by Crippen LogP contribution is 2.35. The third-order valence-corrected chi connectivity index (χ3v) is 7.71. The van der Waals surface area contributed by atoms with E-state index in [9.17, 15) is 9.59 Å². The van der Waals surface area contributed by atoms with Gasteiger partial charge in [-0.2, -0.15) is 23.5 Å². The maximum atomic E-state index is 12.6. The lowest BCUT2D eigenvalue weighted by Gasteiger charge is -2.30. The summed E-state index contributed by atoms with van der Waals surface area (Å²) >= 11 is 3.79. The van der Waals surface area contributed by atoms with E-state index in [1.54, 1.807) is 6.92 Å². The highest BCUT2D eigenvalue weighted by Gasteiger charge is 2.35. The summed E-state index contributed by atoms with van der Waals surface area (Å²) in [4.78, 5) is 24.7. The zero-order valence-corrected chi connectivity index (χ0v) is 15.6. The fourth-order valence-electron chi connectivity index (χ4n) is 2.42. The second kappa shape index (κ2) is 8.61. The minimum Gasteiger partial charge on any atom is -0.299 e. The topological polar surface area (TPSA) is 34.1 Å². The van der Waals surface area contributed by atoms with Gasteiger partial charge in [0.2, 0.25) is 0 Å². The van der Waals surface area contributed by atoms with Crippen LogP contribution in [0.3, 0.4) is 0 Å². The van der Waals surface area contributed by atoms with Crippen molar-refractivity contribution in [1.82, 2.24) is 0 Å². The summed E-state index contributed by atoms with van der Waals surface area (Å²) in [6.45, 7) is 7.92. The van der Waals surface area contributed by atoms with E-state index in [2.05, 4.69) is 13.8 Å². The van der Waals surface area contributed by atoms with Gasteiger partial charge >= 0.3 is 0 Å². The van der Waals surface area contributed by atoms with Crippen molar-refractivity contribution in [2.75, 3.05) is 23.0 Å². The normalized spacial score (nSPS) is 33.6. The van der Waals surface area contributed by atoms with Crippen LogP contribution in [0, 0.1) is 10.8 Å². The fraction of sp³-hybridized carbons (Fsp3) is 0.882. The average Bonchev–Trinajstić information content (AvgIpc) is 2.47. The van der Waals surface area contributed by atoms with Gasteiger partial charge in [-0.1, -0.05) is 20.8 Å². The van der Waals surface area contributed by atoms with Crippen molar-refractivity contribution in [2.24, 2.45) is 10.8 Å². The molecule has 0 radical (unpaired) electrons. The smallest absolute Gasteiger partial charge is 0.139 e. The van der Waals surface area contributed by atoms with E-state index in [1.165, 1.54) is 12.8 Å². The minimum absolute atomic E-state index is 0.219. The van der Waals surface area contributed by atoms with Gasteiger partial charge in [0.1, 0.15) is 11.6 Å². The quantitative estimate of drug-likeness (QED) is 0.740. The molecule has 2 nitrogen and oxygen atoms in total. The summed E-state index contributed by atoms with van der Waals surface area (Å²) < 4.78 is 0. The standard InChI is InChI=1S/C17H30O2S2/c1-5-16(3)12-20-10-6-7-11-21-13-17(4,14(2)18)9-8-15(16)19/h5-13H2,1-4H3/t16-,17-/m0/s1. The number of thioether (sulfide) groups is 2. The molecular formula is C17H30O2S2. The maximum absolute atomic E-state index is 12.6. The van der Waals surface area contributed by atoms with Gasteiger partial charge in [-0.05, 0) is 44.1 Å². The van der Waals surface area contributed by atoms with Crippen molar-refractivity contribution >= 4 is 35.1 Å².